The number of hydrogen-bond donors (Lipinski definition) is 1. The van der Waals surface area contributed by atoms with E-state index in [2.05, 4.69) is 48.3 Å². The van der Waals surface area contributed by atoms with E-state index in [4.69, 9.17) is 4.42 Å². The molecule has 0 fully saturated rings. The first-order valence-corrected chi connectivity index (χ1v) is 10.7. The number of carbonyl (C=O) groups is 1. The molecule has 5 rings (SSSR count). The van der Waals surface area contributed by atoms with E-state index < -0.39 is 0 Å². The molecule has 0 aliphatic carbocycles. The van der Waals surface area contributed by atoms with Crippen LogP contribution >= 0.6 is 0 Å². The average Bonchev–Trinajstić information content (AvgIpc) is 3.32. The standard InChI is InChI=1S/C26H27N3O2/c1-18(30)29-22-13-8-7-12-21(22)27-25-20(24(29)23-14-9-15-31-23)17-28(26(25,2)3)16-19-10-5-4-6-11-19/h4-15,24,27H,16-17H2,1-3H3. The van der Waals surface area contributed by atoms with Gasteiger partial charge >= 0.3 is 0 Å². The highest BCUT2D eigenvalue weighted by molar-refractivity contribution is 5.97. The zero-order chi connectivity index (χ0) is 21.6. The van der Waals surface area contributed by atoms with Gasteiger partial charge in [0.1, 0.15) is 11.8 Å². The van der Waals surface area contributed by atoms with Crippen LogP contribution in [0.1, 0.15) is 38.1 Å². The Hall–Kier alpha value is -3.31. The maximum Gasteiger partial charge on any atom is 0.224 e. The maximum absolute atomic E-state index is 13.0. The van der Waals surface area contributed by atoms with Crippen molar-refractivity contribution in [2.24, 2.45) is 0 Å². The van der Waals surface area contributed by atoms with Crippen LogP contribution in [0.3, 0.4) is 0 Å². The van der Waals surface area contributed by atoms with E-state index in [0.717, 1.165) is 35.9 Å². The third-order valence-corrected chi connectivity index (χ3v) is 6.46. The summed E-state index contributed by atoms with van der Waals surface area (Å²) < 4.78 is 5.88. The van der Waals surface area contributed by atoms with Crippen molar-refractivity contribution < 1.29 is 9.21 Å². The molecule has 3 aromatic rings. The Morgan fingerprint density at radius 3 is 2.52 bits per heavy atom. The molecule has 1 N–H and O–H groups in total. The van der Waals surface area contributed by atoms with E-state index in [1.807, 2.05) is 47.4 Å². The molecule has 5 heteroatoms. The Balaban J connectivity index is 1.65. The number of furan rings is 1. The van der Waals surface area contributed by atoms with Gasteiger partial charge in [0.25, 0.3) is 0 Å². The minimum Gasteiger partial charge on any atom is -0.467 e. The summed E-state index contributed by atoms with van der Waals surface area (Å²) in [4.78, 5) is 17.3. The Kier molecular flexibility index (Phi) is 4.71. The van der Waals surface area contributed by atoms with Gasteiger partial charge < -0.3 is 9.73 Å². The normalized spacial score (nSPS) is 20.1. The van der Waals surface area contributed by atoms with Gasteiger partial charge in [-0.25, -0.2) is 0 Å². The molecule has 0 radical (unpaired) electrons. The molecule has 0 bridgehead atoms. The summed E-state index contributed by atoms with van der Waals surface area (Å²) in [5.41, 5.74) is 5.15. The van der Waals surface area contributed by atoms with E-state index in [1.54, 1.807) is 13.2 Å². The largest absolute Gasteiger partial charge is 0.467 e. The number of carbonyl (C=O) groups excluding carboxylic acids is 1. The van der Waals surface area contributed by atoms with Crippen LogP contribution in [0.4, 0.5) is 11.4 Å². The predicted octanol–water partition coefficient (Wildman–Crippen LogP) is 5.35. The molecule has 31 heavy (non-hydrogen) atoms. The minimum atomic E-state index is -0.293. The highest BCUT2D eigenvalue weighted by Crippen LogP contribution is 2.48. The molecule has 3 heterocycles. The number of nitrogens with one attached hydrogen (secondary N) is 1. The molecular weight excluding hydrogens is 386 g/mol. The Labute approximate surface area is 183 Å². The van der Waals surface area contributed by atoms with Crippen LogP contribution < -0.4 is 10.2 Å². The molecule has 1 atom stereocenters. The minimum absolute atomic E-state index is 0.0104. The third-order valence-electron chi connectivity index (χ3n) is 6.46. The van der Waals surface area contributed by atoms with Crippen LogP contribution in [0.15, 0.2) is 88.7 Å². The first-order valence-electron chi connectivity index (χ1n) is 10.7. The van der Waals surface area contributed by atoms with E-state index in [0.29, 0.717) is 0 Å². The zero-order valence-electron chi connectivity index (χ0n) is 18.1. The third kappa shape index (κ3) is 3.26. The first kappa shape index (κ1) is 19.6. The Morgan fingerprint density at radius 1 is 1.06 bits per heavy atom. The lowest BCUT2D eigenvalue weighted by molar-refractivity contribution is -0.117. The molecule has 2 aliphatic rings. The summed E-state index contributed by atoms with van der Waals surface area (Å²) in [6.45, 7) is 7.69. The molecule has 5 nitrogen and oxygen atoms in total. The lowest BCUT2D eigenvalue weighted by Gasteiger charge is -2.36. The second-order valence-corrected chi connectivity index (χ2v) is 8.75. The van der Waals surface area contributed by atoms with E-state index in [9.17, 15) is 4.79 Å². The molecule has 2 aromatic carbocycles. The molecular formula is C26H27N3O2. The number of fused-ring (bicyclic) bond motifs is 1. The van der Waals surface area contributed by atoms with Gasteiger partial charge in [-0.15, -0.1) is 0 Å². The van der Waals surface area contributed by atoms with Crippen molar-refractivity contribution in [3.05, 3.63) is 95.6 Å². The predicted molar refractivity (Wildman–Crippen MR) is 123 cm³/mol. The molecule has 0 spiro atoms. The van der Waals surface area contributed by atoms with Crippen LogP contribution in [0.5, 0.6) is 0 Å². The van der Waals surface area contributed by atoms with Crippen LogP contribution in [0.25, 0.3) is 0 Å². The van der Waals surface area contributed by atoms with Gasteiger partial charge in [0, 0.05) is 25.7 Å². The number of nitrogens with zero attached hydrogens (tertiary/aromatic N) is 2. The quantitative estimate of drug-likeness (QED) is 0.629. The van der Waals surface area contributed by atoms with Gasteiger partial charge in [0.2, 0.25) is 5.91 Å². The number of anilines is 2. The fourth-order valence-electron chi connectivity index (χ4n) is 4.86. The SMILES string of the molecule is CC(=O)N1c2ccccc2NC2=C(CN(Cc3ccccc3)C2(C)C)C1c1ccco1. The van der Waals surface area contributed by atoms with Crippen molar-refractivity contribution in [1.82, 2.24) is 4.90 Å². The average molecular weight is 414 g/mol. The summed E-state index contributed by atoms with van der Waals surface area (Å²) in [6.07, 6.45) is 1.68. The topological polar surface area (TPSA) is 48.7 Å². The number of amides is 1. The summed E-state index contributed by atoms with van der Waals surface area (Å²) in [5.74, 6) is 0.766. The fourth-order valence-corrected chi connectivity index (χ4v) is 4.86. The van der Waals surface area contributed by atoms with E-state index >= 15 is 0 Å². The van der Waals surface area contributed by atoms with E-state index in [-0.39, 0.29) is 17.5 Å². The highest BCUT2D eigenvalue weighted by Gasteiger charge is 2.47. The van der Waals surface area contributed by atoms with Crippen LogP contribution in [0.2, 0.25) is 0 Å². The van der Waals surface area contributed by atoms with E-state index in [1.165, 1.54) is 11.1 Å². The van der Waals surface area contributed by atoms with Crippen molar-refractivity contribution >= 4 is 17.3 Å². The lowest BCUT2D eigenvalue weighted by Crippen LogP contribution is -2.42. The van der Waals surface area contributed by atoms with Gasteiger partial charge in [-0.05, 0) is 49.2 Å². The monoisotopic (exact) mass is 413 g/mol. The lowest BCUT2D eigenvalue weighted by atomic mass is 9.95. The van der Waals surface area contributed by atoms with Crippen molar-refractivity contribution in [3.63, 3.8) is 0 Å². The van der Waals surface area contributed by atoms with Gasteiger partial charge in [0.15, 0.2) is 0 Å². The Morgan fingerprint density at radius 2 is 1.81 bits per heavy atom. The number of hydrogen-bond acceptors (Lipinski definition) is 4. The van der Waals surface area contributed by atoms with Gasteiger partial charge in [0.05, 0.1) is 23.2 Å². The summed E-state index contributed by atoms with van der Waals surface area (Å²) in [6, 6.07) is 22.1. The zero-order valence-corrected chi connectivity index (χ0v) is 18.1. The van der Waals surface area contributed by atoms with Crippen molar-refractivity contribution in [3.8, 4) is 0 Å². The first-order chi connectivity index (χ1) is 15.0. The van der Waals surface area contributed by atoms with Gasteiger partial charge in [-0.3, -0.25) is 14.6 Å². The Bertz CT molecular complexity index is 1130. The second-order valence-electron chi connectivity index (χ2n) is 8.75. The van der Waals surface area contributed by atoms with Crippen molar-refractivity contribution in [1.29, 1.82) is 0 Å². The number of rotatable bonds is 3. The second kappa shape index (κ2) is 7.43. The van der Waals surface area contributed by atoms with Gasteiger partial charge in [-0.1, -0.05) is 42.5 Å². The van der Waals surface area contributed by atoms with Gasteiger partial charge in [-0.2, -0.15) is 0 Å². The summed E-state index contributed by atoms with van der Waals surface area (Å²) >= 11 is 0. The molecule has 1 unspecified atom stereocenters. The molecule has 158 valence electrons. The molecule has 1 amide bonds. The summed E-state index contributed by atoms with van der Waals surface area (Å²) in [7, 11) is 0. The highest BCUT2D eigenvalue weighted by atomic mass is 16.3. The fraction of sp³-hybridized carbons (Fsp3) is 0.269. The molecule has 0 saturated carbocycles. The number of para-hydroxylation sites is 2. The van der Waals surface area contributed by atoms with Crippen LogP contribution in [0, 0.1) is 0 Å². The molecule has 0 saturated heterocycles. The summed E-state index contributed by atoms with van der Waals surface area (Å²) in [5, 5.41) is 3.71. The smallest absolute Gasteiger partial charge is 0.224 e. The molecule has 1 aromatic heterocycles. The maximum atomic E-state index is 13.0. The van der Waals surface area contributed by atoms with Crippen molar-refractivity contribution in [2.45, 2.75) is 38.9 Å². The van der Waals surface area contributed by atoms with Crippen molar-refractivity contribution in [2.75, 3.05) is 16.8 Å². The van der Waals surface area contributed by atoms with Crippen LogP contribution in [-0.4, -0.2) is 22.9 Å². The molecule has 2 aliphatic heterocycles. The number of benzene rings is 2. The van der Waals surface area contributed by atoms with Crippen LogP contribution in [-0.2, 0) is 11.3 Å².